The van der Waals surface area contributed by atoms with E-state index in [4.69, 9.17) is 10.2 Å². The molecule has 0 radical (unpaired) electrons. The molecule has 1 aliphatic heterocycles. The molecule has 0 atom stereocenters. The van der Waals surface area contributed by atoms with Crippen LogP contribution in [0, 0.1) is 0 Å². The van der Waals surface area contributed by atoms with Crippen molar-refractivity contribution < 1.29 is 4.42 Å². The minimum atomic E-state index is 0. The highest BCUT2D eigenvalue weighted by molar-refractivity contribution is 5.85. The van der Waals surface area contributed by atoms with Gasteiger partial charge in [-0.2, -0.15) is 5.10 Å². The Labute approximate surface area is 180 Å². The second-order valence-electron chi connectivity index (χ2n) is 6.85. The standard InChI is InChI=1S/C20H20N6O.2ClH/c21-19-14(20-25-16-3-1-2-4-17(16)27-20)9-13(10-23-19)15-11-24-26-18(15)12-5-7-22-8-6-12;;/h1-4,9-12,22H,5-8H2,(H2,21,23)(H,24,26);2*1H. The number of piperidine rings is 1. The first-order chi connectivity index (χ1) is 13.3. The van der Waals surface area contributed by atoms with Gasteiger partial charge in [0.2, 0.25) is 5.89 Å². The number of hydrogen-bond donors (Lipinski definition) is 3. The molecule has 0 bridgehead atoms. The van der Waals surface area contributed by atoms with Gasteiger partial charge >= 0.3 is 0 Å². The Kier molecular flexibility index (Phi) is 6.42. The molecule has 5 rings (SSSR count). The lowest BCUT2D eigenvalue weighted by Gasteiger charge is -2.22. The number of hydrogen-bond acceptors (Lipinski definition) is 6. The number of benzene rings is 1. The fourth-order valence-corrected chi connectivity index (χ4v) is 3.72. The molecule has 1 fully saturated rings. The number of H-pyrrole nitrogens is 1. The number of nitrogens with zero attached hydrogens (tertiary/aromatic N) is 3. The molecule has 1 saturated heterocycles. The molecule has 0 saturated carbocycles. The zero-order valence-corrected chi connectivity index (χ0v) is 17.2. The van der Waals surface area contributed by atoms with Crippen LogP contribution in [0.2, 0.25) is 0 Å². The molecule has 4 aromatic rings. The number of para-hydroxylation sites is 2. The Morgan fingerprint density at radius 2 is 1.86 bits per heavy atom. The van der Waals surface area contributed by atoms with E-state index in [0.717, 1.165) is 53.9 Å². The molecule has 0 unspecified atom stereocenters. The van der Waals surface area contributed by atoms with Crippen LogP contribution in [-0.4, -0.2) is 33.3 Å². The van der Waals surface area contributed by atoms with Crippen molar-refractivity contribution in [2.24, 2.45) is 0 Å². The number of aromatic amines is 1. The lowest BCUT2D eigenvalue weighted by atomic mass is 9.90. The summed E-state index contributed by atoms with van der Waals surface area (Å²) in [7, 11) is 0. The van der Waals surface area contributed by atoms with E-state index >= 15 is 0 Å². The maximum atomic E-state index is 6.13. The Bertz CT molecular complexity index is 1070. The van der Waals surface area contributed by atoms with Crippen LogP contribution in [0.5, 0.6) is 0 Å². The number of pyridine rings is 1. The van der Waals surface area contributed by atoms with Gasteiger partial charge in [0.25, 0.3) is 0 Å². The number of halogens is 2. The molecule has 0 aliphatic carbocycles. The van der Waals surface area contributed by atoms with Crippen LogP contribution >= 0.6 is 24.8 Å². The van der Waals surface area contributed by atoms with Crippen molar-refractivity contribution in [1.82, 2.24) is 25.5 Å². The molecular formula is C20H22Cl2N6O. The molecule has 0 spiro atoms. The highest BCUT2D eigenvalue weighted by Gasteiger charge is 2.22. The van der Waals surface area contributed by atoms with Gasteiger partial charge in [-0.15, -0.1) is 24.8 Å². The number of nitrogen functional groups attached to an aromatic ring is 1. The van der Waals surface area contributed by atoms with Crippen molar-refractivity contribution in [1.29, 1.82) is 0 Å². The van der Waals surface area contributed by atoms with Gasteiger partial charge < -0.3 is 15.5 Å². The van der Waals surface area contributed by atoms with Gasteiger partial charge in [0.1, 0.15) is 11.3 Å². The summed E-state index contributed by atoms with van der Waals surface area (Å²) in [6.45, 7) is 2.04. The van der Waals surface area contributed by atoms with Crippen molar-refractivity contribution in [3.8, 4) is 22.6 Å². The summed E-state index contributed by atoms with van der Waals surface area (Å²) in [6.07, 6.45) is 5.88. The van der Waals surface area contributed by atoms with Gasteiger partial charge in [0.05, 0.1) is 11.3 Å². The maximum Gasteiger partial charge on any atom is 0.231 e. The van der Waals surface area contributed by atoms with Crippen LogP contribution in [0.25, 0.3) is 33.7 Å². The van der Waals surface area contributed by atoms with Gasteiger partial charge in [-0.25, -0.2) is 9.97 Å². The van der Waals surface area contributed by atoms with E-state index in [2.05, 4.69) is 25.5 Å². The number of rotatable bonds is 3. The highest BCUT2D eigenvalue weighted by Crippen LogP contribution is 2.35. The fourth-order valence-electron chi connectivity index (χ4n) is 3.72. The zero-order chi connectivity index (χ0) is 18.2. The summed E-state index contributed by atoms with van der Waals surface area (Å²) in [4.78, 5) is 8.95. The Balaban J connectivity index is 0.00000120. The molecule has 152 valence electrons. The van der Waals surface area contributed by atoms with Crippen molar-refractivity contribution >= 4 is 41.7 Å². The SMILES string of the molecule is Cl.Cl.Nc1ncc(-c2c[nH]nc2C2CCNCC2)cc1-c1nc2ccccc2o1. The van der Waals surface area contributed by atoms with Crippen molar-refractivity contribution in [3.63, 3.8) is 0 Å². The Hall–Kier alpha value is -2.61. The molecule has 1 aliphatic rings. The quantitative estimate of drug-likeness (QED) is 0.448. The first-order valence-corrected chi connectivity index (χ1v) is 9.16. The van der Waals surface area contributed by atoms with E-state index in [9.17, 15) is 0 Å². The monoisotopic (exact) mass is 432 g/mol. The van der Waals surface area contributed by atoms with Crippen LogP contribution in [-0.2, 0) is 0 Å². The summed E-state index contributed by atoms with van der Waals surface area (Å²) >= 11 is 0. The second kappa shape index (κ2) is 8.82. The molecule has 0 amide bonds. The Morgan fingerprint density at radius 3 is 2.66 bits per heavy atom. The zero-order valence-electron chi connectivity index (χ0n) is 15.6. The lowest BCUT2D eigenvalue weighted by Crippen LogP contribution is -2.27. The highest BCUT2D eigenvalue weighted by atomic mass is 35.5. The fraction of sp³-hybridized carbons (Fsp3) is 0.250. The van der Waals surface area contributed by atoms with Crippen LogP contribution in [0.1, 0.15) is 24.5 Å². The summed E-state index contributed by atoms with van der Waals surface area (Å²) in [5, 5.41) is 10.9. The predicted molar refractivity (Wildman–Crippen MR) is 119 cm³/mol. The molecule has 29 heavy (non-hydrogen) atoms. The predicted octanol–water partition coefficient (Wildman–Crippen LogP) is 4.17. The number of fused-ring (bicyclic) bond motifs is 1. The third-order valence-corrected chi connectivity index (χ3v) is 5.15. The molecule has 9 heteroatoms. The van der Waals surface area contributed by atoms with E-state index in [1.165, 1.54) is 0 Å². The number of aromatic nitrogens is 4. The normalized spacial score (nSPS) is 14.3. The van der Waals surface area contributed by atoms with E-state index in [1.54, 1.807) is 6.20 Å². The number of oxazole rings is 1. The molecule has 7 nitrogen and oxygen atoms in total. The summed E-state index contributed by atoms with van der Waals surface area (Å²) in [6, 6.07) is 9.66. The molecule has 3 aromatic heterocycles. The summed E-state index contributed by atoms with van der Waals surface area (Å²) < 4.78 is 5.89. The molecule has 1 aromatic carbocycles. The van der Waals surface area contributed by atoms with Crippen molar-refractivity contribution in [3.05, 3.63) is 48.4 Å². The van der Waals surface area contributed by atoms with Gasteiger partial charge in [-0.1, -0.05) is 12.1 Å². The van der Waals surface area contributed by atoms with Gasteiger partial charge in [-0.05, 0) is 44.1 Å². The summed E-state index contributed by atoms with van der Waals surface area (Å²) in [5.41, 5.74) is 11.5. The van der Waals surface area contributed by atoms with Gasteiger partial charge in [-0.3, -0.25) is 5.10 Å². The first-order valence-electron chi connectivity index (χ1n) is 9.16. The van der Waals surface area contributed by atoms with E-state index in [1.807, 2.05) is 36.5 Å². The third-order valence-electron chi connectivity index (χ3n) is 5.15. The first kappa shape index (κ1) is 21.1. The minimum absolute atomic E-state index is 0. The van der Waals surface area contributed by atoms with Crippen molar-refractivity contribution in [2.75, 3.05) is 18.8 Å². The van der Waals surface area contributed by atoms with Crippen LogP contribution in [0.4, 0.5) is 5.82 Å². The maximum absolute atomic E-state index is 6.13. The largest absolute Gasteiger partial charge is 0.436 e. The molecule has 4 N–H and O–H groups in total. The average Bonchev–Trinajstić information content (AvgIpc) is 3.36. The second-order valence-corrected chi connectivity index (χ2v) is 6.85. The summed E-state index contributed by atoms with van der Waals surface area (Å²) in [5.74, 6) is 1.32. The smallest absolute Gasteiger partial charge is 0.231 e. The topological polar surface area (TPSA) is 106 Å². The van der Waals surface area contributed by atoms with Gasteiger partial charge in [0, 0.05) is 29.4 Å². The minimum Gasteiger partial charge on any atom is -0.436 e. The number of anilines is 1. The van der Waals surface area contributed by atoms with Crippen LogP contribution in [0.15, 0.2) is 47.1 Å². The van der Waals surface area contributed by atoms with Crippen molar-refractivity contribution in [2.45, 2.75) is 18.8 Å². The molecular weight excluding hydrogens is 411 g/mol. The van der Waals surface area contributed by atoms with E-state index in [-0.39, 0.29) is 24.8 Å². The van der Waals surface area contributed by atoms with Gasteiger partial charge in [0.15, 0.2) is 5.58 Å². The third kappa shape index (κ3) is 3.94. The lowest BCUT2D eigenvalue weighted by molar-refractivity contribution is 0.453. The Morgan fingerprint density at radius 1 is 1.07 bits per heavy atom. The van der Waals surface area contributed by atoms with Crippen LogP contribution in [0.3, 0.4) is 0 Å². The number of nitrogens with two attached hydrogens (primary N) is 1. The van der Waals surface area contributed by atoms with E-state index < -0.39 is 0 Å². The molecule has 4 heterocycles. The number of nitrogens with one attached hydrogen (secondary N) is 2. The average molecular weight is 433 g/mol. The van der Waals surface area contributed by atoms with E-state index in [0.29, 0.717) is 23.2 Å². The van der Waals surface area contributed by atoms with Crippen LogP contribution < -0.4 is 11.1 Å².